The summed E-state index contributed by atoms with van der Waals surface area (Å²) in [4.78, 5) is 11.6. The molecule has 5 nitrogen and oxygen atoms in total. The molecule has 0 aliphatic carbocycles. The maximum atomic E-state index is 11.6. The molecule has 0 aromatic rings. The van der Waals surface area contributed by atoms with E-state index >= 15 is 0 Å². The quantitative estimate of drug-likeness (QED) is 0.664. The van der Waals surface area contributed by atoms with E-state index in [0.717, 1.165) is 0 Å². The van der Waals surface area contributed by atoms with E-state index in [2.05, 4.69) is 0 Å². The molecular formula is C12H20O5. The fraction of sp³-hybridized carbons (Fsp3) is 0.750. The summed E-state index contributed by atoms with van der Waals surface area (Å²) in [7, 11) is 0. The molecule has 1 rings (SSSR count). The minimum absolute atomic E-state index is 0.162. The Labute approximate surface area is 102 Å². The molecule has 0 radical (unpaired) electrons. The van der Waals surface area contributed by atoms with Crippen molar-refractivity contribution in [3.05, 3.63) is 11.8 Å². The van der Waals surface area contributed by atoms with Gasteiger partial charge >= 0.3 is 5.97 Å². The molecule has 1 heterocycles. The fourth-order valence-electron chi connectivity index (χ4n) is 1.59. The Kier molecular flexibility index (Phi) is 6.00. The summed E-state index contributed by atoms with van der Waals surface area (Å²) in [5.74, 6) is -0.295. The minimum Gasteiger partial charge on any atom is -0.460 e. The van der Waals surface area contributed by atoms with Gasteiger partial charge in [0.1, 0.15) is 0 Å². The first kappa shape index (κ1) is 14.0. The van der Waals surface area contributed by atoms with Gasteiger partial charge in [-0.25, -0.2) is 4.79 Å². The first-order valence-corrected chi connectivity index (χ1v) is 6.00. The third-order valence-electron chi connectivity index (χ3n) is 2.23. The Hall–Kier alpha value is -1.07. The fourth-order valence-corrected chi connectivity index (χ4v) is 1.59. The molecule has 0 saturated heterocycles. The van der Waals surface area contributed by atoms with Gasteiger partial charge in [0.15, 0.2) is 0 Å². The lowest BCUT2D eigenvalue weighted by Crippen LogP contribution is -2.32. The third-order valence-corrected chi connectivity index (χ3v) is 2.23. The summed E-state index contributed by atoms with van der Waals surface area (Å²) in [5, 5.41) is 0. The molecule has 0 spiro atoms. The maximum absolute atomic E-state index is 11.6. The second kappa shape index (κ2) is 7.29. The molecule has 0 amide bonds. The minimum atomic E-state index is -0.471. The molecule has 17 heavy (non-hydrogen) atoms. The Morgan fingerprint density at radius 2 is 2.00 bits per heavy atom. The number of rotatable bonds is 6. The normalized spacial score (nSPS) is 23.8. The largest absolute Gasteiger partial charge is 0.460 e. The maximum Gasteiger partial charge on any atom is 0.373 e. The van der Waals surface area contributed by atoms with E-state index in [0.29, 0.717) is 26.2 Å². The molecular weight excluding hydrogens is 224 g/mol. The Balaban J connectivity index is 2.67. The van der Waals surface area contributed by atoms with Crippen LogP contribution in [-0.4, -0.2) is 38.2 Å². The van der Waals surface area contributed by atoms with E-state index in [1.165, 1.54) is 0 Å². The Morgan fingerprint density at radius 3 is 2.59 bits per heavy atom. The van der Waals surface area contributed by atoms with Crippen molar-refractivity contribution in [3.8, 4) is 0 Å². The van der Waals surface area contributed by atoms with Crippen LogP contribution in [-0.2, 0) is 23.7 Å². The van der Waals surface area contributed by atoms with Crippen LogP contribution in [0.5, 0.6) is 0 Å². The molecule has 0 unspecified atom stereocenters. The van der Waals surface area contributed by atoms with Crippen molar-refractivity contribution in [2.45, 2.75) is 39.6 Å². The van der Waals surface area contributed by atoms with Crippen molar-refractivity contribution in [3.63, 3.8) is 0 Å². The monoisotopic (exact) mass is 244 g/mol. The molecule has 5 heteroatoms. The summed E-state index contributed by atoms with van der Waals surface area (Å²) in [5.41, 5.74) is 0. The molecule has 0 saturated carbocycles. The van der Waals surface area contributed by atoms with E-state index in [-0.39, 0.29) is 11.9 Å². The summed E-state index contributed by atoms with van der Waals surface area (Å²) >= 11 is 0. The van der Waals surface area contributed by atoms with Gasteiger partial charge in [0, 0.05) is 19.6 Å². The summed E-state index contributed by atoms with van der Waals surface area (Å²) in [6, 6.07) is 0. The second-order valence-corrected chi connectivity index (χ2v) is 3.48. The van der Waals surface area contributed by atoms with E-state index < -0.39 is 12.3 Å². The highest BCUT2D eigenvalue weighted by atomic mass is 16.7. The summed E-state index contributed by atoms with van der Waals surface area (Å²) < 4.78 is 21.1. The summed E-state index contributed by atoms with van der Waals surface area (Å²) in [6.45, 7) is 6.96. The van der Waals surface area contributed by atoms with Crippen molar-refractivity contribution < 1.29 is 23.7 Å². The van der Waals surface area contributed by atoms with Crippen LogP contribution in [0.2, 0.25) is 0 Å². The van der Waals surface area contributed by atoms with Gasteiger partial charge in [-0.2, -0.15) is 0 Å². The number of ether oxygens (including phenoxy) is 4. The van der Waals surface area contributed by atoms with Crippen LogP contribution in [0, 0.1) is 0 Å². The molecule has 2 atom stereocenters. The van der Waals surface area contributed by atoms with Crippen LogP contribution in [0.1, 0.15) is 27.2 Å². The van der Waals surface area contributed by atoms with Crippen LogP contribution in [0.25, 0.3) is 0 Å². The zero-order valence-electron chi connectivity index (χ0n) is 10.6. The molecule has 0 aromatic carbocycles. The number of hydrogen-bond acceptors (Lipinski definition) is 5. The average molecular weight is 244 g/mol. The van der Waals surface area contributed by atoms with Gasteiger partial charge in [-0.3, -0.25) is 0 Å². The van der Waals surface area contributed by atoms with Crippen molar-refractivity contribution in [2.24, 2.45) is 0 Å². The van der Waals surface area contributed by atoms with Gasteiger partial charge < -0.3 is 18.9 Å². The highest BCUT2D eigenvalue weighted by Crippen LogP contribution is 2.21. The topological polar surface area (TPSA) is 54.0 Å². The van der Waals surface area contributed by atoms with Gasteiger partial charge in [-0.05, 0) is 26.8 Å². The van der Waals surface area contributed by atoms with Crippen molar-refractivity contribution in [1.82, 2.24) is 0 Å². The van der Waals surface area contributed by atoms with Gasteiger partial charge in [0.05, 0.1) is 12.7 Å². The number of esters is 1. The lowest BCUT2D eigenvalue weighted by Gasteiger charge is -2.28. The molecule has 0 bridgehead atoms. The van der Waals surface area contributed by atoms with Gasteiger partial charge in [0.25, 0.3) is 0 Å². The molecule has 98 valence electrons. The third kappa shape index (κ3) is 4.36. The van der Waals surface area contributed by atoms with Crippen LogP contribution >= 0.6 is 0 Å². The Bertz CT molecular complexity index is 274. The van der Waals surface area contributed by atoms with Gasteiger partial charge in [-0.1, -0.05) is 0 Å². The van der Waals surface area contributed by atoms with Gasteiger partial charge in [-0.15, -0.1) is 0 Å². The van der Waals surface area contributed by atoms with E-state index in [1.54, 1.807) is 13.0 Å². The van der Waals surface area contributed by atoms with E-state index in [4.69, 9.17) is 18.9 Å². The van der Waals surface area contributed by atoms with Crippen LogP contribution < -0.4 is 0 Å². The van der Waals surface area contributed by atoms with Crippen molar-refractivity contribution >= 4 is 5.97 Å². The summed E-state index contributed by atoms with van der Waals surface area (Å²) in [6.07, 6.45) is 1.63. The van der Waals surface area contributed by atoms with Crippen LogP contribution in [0.4, 0.5) is 0 Å². The van der Waals surface area contributed by atoms with E-state index in [9.17, 15) is 4.79 Å². The molecule has 1 aliphatic heterocycles. The highest BCUT2D eigenvalue weighted by molar-refractivity contribution is 5.86. The number of hydrogen-bond donors (Lipinski definition) is 0. The van der Waals surface area contributed by atoms with Gasteiger partial charge in [0.2, 0.25) is 12.0 Å². The highest BCUT2D eigenvalue weighted by Gasteiger charge is 2.28. The van der Waals surface area contributed by atoms with Crippen LogP contribution in [0.15, 0.2) is 11.8 Å². The molecule has 0 aromatic heterocycles. The molecule has 1 aliphatic rings. The predicted molar refractivity (Wildman–Crippen MR) is 61.2 cm³/mol. The van der Waals surface area contributed by atoms with Crippen molar-refractivity contribution in [1.29, 1.82) is 0 Å². The number of carbonyl (C=O) groups excluding carboxylic acids is 1. The van der Waals surface area contributed by atoms with E-state index in [1.807, 2.05) is 13.8 Å². The number of carbonyl (C=O) groups is 1. The Morgan fingerprint density at radius 1 is 1.29 bits per heavy atom. The zero-order chi connectivity index (χ0) is 12.7. The molecule has 0 fully saturated rings. The standard InChI is InChI=1S/C12H20O5/c1-4-14-9-7-10(12(13)16-6-3)17-11(8-9)15-5-2/h7,9,11H,4-6,8H2,1-3H3/t9-,11+/m0/s1. The zero-order valence-corrected chi connectivity index (χ0v) is 10.6. The van der Waals surface area contributed by atoms with Crippen LogP contribution in [0.3, 0.4) is 0 Å². The second-order valence-electron chi connectivity index (χ2n) is 3.48. The smallest absolute Gasteiger partial charge is 0.373 e. The molecule has 0 N–H and O–H groups in total. The SMILES string of the molecule is CCOC(=O)C1=C[C@H](OCC)C[C@H](OCC)O1. The predicted octanol–water partition coefficient (Wildman–Crippen LogP) is 1.62. The van der Waals surface area contributed by atoms with Crippen molar-refractivity contribution in [2.75, 3.05) is 19.8 Å². The lowest BCUT2D eigenvalue weighted by molar-refractivity contribution is -0.167. The average Bonchev–Trinajstić information content (AvgIpc) is 2.30. The lowest BCUT2D eigenvalue weighted by atomic mass is 10.1. The first-order chi connectivity index (χ1) is 8.21. The first-order valence-electron chi connectivity index (χ1n) is 6.00.